The number of morpholine rings is 1. The van der Waals surface area contributed by atoms with Crippen LogP contribution in [0.4, 0.5) is 0 Å². The maximum atomic E-state index is 12.5. The van der Waals surface area contributed by atoms with E-state index in [0.29, 0.717) is 31.9 Å². The first kappa shape index (κ1) is 14.0. The summed E-state index contributed by atoms with van der Waals surface area (Å²) in [5.41, 5.74) is 1.55. The van der Waals surface area contributed by atoms with Gasteiger partial charge in [0.2, 0.25) is 0 Å². The molecule has 1 aliphatic rings. The standard InChI is InChI=1S/C13H22N4O2/c1-4-17-12(7-10(2)15-17)13(18)16-5-6-19-11(9-16)8-14-3/h7,11,14H,4-6,8-9H2,1-3H3. The van der Waals surface area contributed by atoms with Gasteiger partial charge in [0.1, 0.15) is 5.69 Å². The van der Waals surface area contributed by atoms with Crippen LogP contribution in [0.5, 0.6) is 0 Å². The van der Waals surface area contributed by atoms with Crippen molar-refractivity contribution in [2.45, 2.75) is 26.5 Å². The van der Waals surface area contributed by atoms with Gasteiger partial charge in [0, 0.05) is 26.2 Å². The lowest BCUT2D eigenvalue weighted by Crippen LogP contribution is -2.49. The van der Waals surface area contributed by atoms with E-state index in [0.717, 1.165) is 12.2 Å². The second-order valence-electron chi connectivity index (χ2n) is 4.79. The molecule has 1 aliphatic heterocycles. The Labute approximate surface area is 113 Å². The summed E-state index contributed by atoms with van der Waals surface area (Å²) in [6.45, 7) is 7.24. The van der Waals surface area contributed by atoms with E-state index >= 15 is 0 Å². The van der Waals surface area contributed by atoms with Gasteiger partial charge >= 0.3 is 0 Å². The molecule has 1 aromatic heterocycles. The monoisotopic (exact) mass is 266 g/mol. The normalized spacial score (nSPS) is 19.7. The molecule has 1 fully saturated rings. The number of likely N-dealkylation sites (N-methyl/N-ethyl adjacent to an activating group) is 1. The number of hydrogen-bond donors (Lipinski definition) is 1. The van der Waals surface area contributed by atoms with Crippen LogP contribution in [0.3, 0.4) is 0 Å². The maximum Gasteiger partial charge on any atom is 0.272 e. The fourth-order valence-corrected chi connectivity index (χ4v) is 2.38. The smallest absolute Gasteiger partial charge is 0.272 e. The van der Waals surface area contributed by atoms with Crippen molar-refractivity contribution in [1.82, 2.24) is 20.0 Å². The molecule has 0 aliphatic carbocycles. The molecule has 2 heterocycles. The van der Waals surface area contributed by atoms with Crippen LogP contribution in [0.25, 0.3) is 0 Å². The Bertz CT molecular complexity index is 442. The van der Waals surface area contributed by atoms with Crippen molar-refractivity contribution in [1.29, 1.82) is 0 Å². The minimum Gasteiger partial charge on any atom is -0.373 e. The number of rotatable bonds is 4. The third kappa shape index (κ3) is 3.13. The number of aryl methyl sites for hydroxylation is 2. The average Bonchev–Trinajstić information content (AvgIpc) is 2.80. The van der Waals surface area contributed by atoms with E-state index in [1.807, 2.05) is 31.9 Å². The molecule has 0 saturated carbocycles. The molecule has 19 heavy (non-hydrogen) atoms. The molecule has 0 radical (unpaired) electrons. The zero-order valence-corrected chi connectivity index (χ0v) is 11.8. The minimum atomic E-state index is 0.0480. The van der Waals surface area contributed by atoms with Crippen molar-refractivity contribution < 1.29 is 9.53 Å². The number of nitrogens with zero attached hydrogens (tertiary/aromatic N) is 3. The Morgan fingerprint density at radius 3 is 3.11 bits per heavy atom. The Balaban J connectivity index is 2.10. The SMILES string of the molecule is CCn1nc(C)cc1C(=O)N1CCOC(CNC)C1. The predicted octanol–water partition coefficient (Wildman–Crippen LogP) is 0.272. The first-order valence-electron chi connectivity index (χ1n) is 6.75. The van der Waals surface area contributed by atoms with E-state index in [4.69, 9.17) is 4.74 Å². The number of aromatic nitrogens is 2. The van der Waals surface area contributed by atoms with Crippen molar-refractivity contribution >= 4 is 5.91 Å². The van der Waals surface area contributed by atoms with Crippen LogP contribution in [-0.2, 0) is 11.3 Å². The molecular weight excluding hydrogens is 244 g/mol. The molecule has 0 bridgehead atoms. The Hall–Kier alpha value is -1.40. The Morgan fingerprint density at radius 1 is 1.63 bits per heavy atom. The summed E-state index contributed by atoms with van der Waals surface area (Å²) < 4.78 is 7.38. The molecule has 1 aromatic rings. The molecular formula is C13H22N4O2. The average molecular weight is 266 g/mol. The second kappa shape index (κ2) is 6.16. The fourth-order valence-electron chi connectivity index (χ4n) is 2.38. The van der Waals surface area contributed by atoms with E-state index in [-0.39, 0.29) is 12.0 Å². The predicted molar refractivity (Wildman–Crippen MR) is 72.2 cm³/mol. The largest absolute Gasteiger partial charge is 0.373 e. The number of amides is 1. The summed E-state index contributed by atoms with van der Waals surface area (Å²) in [6, 6.07) is 1.86. The molecule has 0 aromatic carbocycles. The molecule has 1 saturated heterocycles. The molecule has 1 amide bonds. The van der Waals surface area contributed by atoms with Crippen LogP contribution >= 0.6 is 0 Å². The minimum absolute atomic E-state index is 0.0480. The van der Waals surface area contributed by atoms with Crippen molar-refractivity contribution in [2.75, 3.05) is 33.3 Å². The highest BCUT2D eigenvalue weighted by Crippen LogP contribution is 2.12. The summed E-state index contributed by atoms with van der Waals surface area (Å²) >= 11 is 0. The third-order valence-corrected chi connectivity index (χ3v) is 3.28. The van der Waals surface area contributed by atoms with Gasteiger partial charge in [-0.25, -0.2) is 0 Å². The number of nitrogens with one attached hydrogen (secondary N) is 1. The number of hydrogen-bond acceptors (Lipinski definition) is 4. The van der Waals surface area contributed by atoms with Gasteiger partial charge in [0.25, 0.3) is 5.91 Å². The highest BCUT2D eigenvalue weighted by molar-refractivity contribution is 5.92. The van der Waals surface area contributed by atoms with Crippen molar-refractivity contribution in [2.24, 2.45) is 0 Å². The lowest BCUT2D eigenvalue weighted by atomic mass is 10.2. The molecule has 1 atom stereocenters. The number of ether oxygens (including phenoxy) is 1. The molecule has 1 unspecified atom stereocenters. The Kier molecular flexibility index (Phi) is 4.55. The van der Waals surface area contributed by atoms with Crippen LogP contribution < -0.4 is 5.32 Å². The van der Waals surface area contributed by atoms with E-state index in [9.17, 15) is 4.79 Å². The molecule has 0 spiro atoms. The van der Waals surface area contributed by atoms with Crippen molar-refractivity contribution in [3.63, 3.8) is 0 Å². The Morgan fingerprint density at radius 2 is 2.42 bits per heavy atom. The zero-order chi connectivity index (χ0) is 13.8. The van der Waals surface area contributed by atoms with Crippen molar-refractivity contribution in [3.05, 3.63) is 17.5 Å². The van der Waals surface area contributed by atoms with Crippen LogP contribution in [0, 0.1) is 6.92 Å². The molecule has 6 nitrogen and oxygen atoms in total. The first-order chi connectivity index (χ1) is 9.15. The number of carbonyl (C=O) groups excluding carboxylic acids is 1. The van der Waals surface area contributed by atoms with Crippen LogP contribution in [0.1, 0.15) is 23.1 Å². The summed E-state index contributed by atoms with van der Waals surface area (Å²) in [5.74, 6) is 0.0480. The third-order valence-electron chi connectivity index (χ3n) is 3.28. The maximum absolute atomic E-state index is 12.5. The second-order valence-corrected chi connectivity index (χ2v) is 4.79. The van der Waals surface area contributed by atoms with Crippen molar-refractivity contribution in [3.8, 4) is 0 Å². The number of carbonyl (C=O) groups is 1. The topological polar surface area (TPSA) is 59.4 Å². The van der Waals surface area contributed by atoms with Crippen LogP contribution in [0.15, 0.2) is 6.07 Å². The quantitative estimate of drug-likeness (QED) is 0.850. The summed E-state index contributed by atoms with van der Waals surface area (Å²) in [4.78, 5) is 14.4. The van der Waals surface area contributed by atoms with Gasteiger partial charge < -0.3 is 15.0 Å². The van der Waals surface area contributed by atoms with Crippen LogP contribution in [-0.4, -0.2) is 60.0 Å². The fraction of sp³-hybridized carbons (Fsp3) is 0.692. The van der Waals surface area contributed by atoms with Gasteiger partial charge in [0.15, 0.2) is 0 Å². The summed E-state index contributed by atoms with van der Waals surface area (Å²) in [7, 11) is 1.89. The van der Waals surface area contributed by atoms with E-state index in [1.165, 1.54) is 0 Å². The van der Waals surface area contributed by atoms with Gasteiger partial charge in [-0.05, 0) is 27.0 Å². The molecule has 2 rings (SSSR count). The van der Waals surface area contributed by atoms with Gasteiger partial charge in [-0.2, -0.15) is 5.10 Å². The first-order valence-corrected chi connectivity index (χ1v) is 6.75. The summed E-state index contributed by atoms with van der Waals surface area (Å²) in [6.07, 6.45) is 0.0711. The zero-order valence-electron chi connectivity index (χ0n) is 11.8. The molecule has 106 valence electrons. The van der Waals surface area contributed by atoms with Gasteiger partial charge in [-0.15, -0.1) is 0 Å². The highest BCUT2D eigenvalue weighted by Gasteiger charge is 2.26. The van der Waals surface area contributed by atoms with E-state index < -0.39 is 0 Å². The van der Waals surface area contributed by atoms with Gasteiger partial charge in [-0.1, -0.05) is 0 Å². The van der Waals surface area contributed by atoms with Crippen LogP contribution in [0.2, 0.25) is 0 Å². The highest BCUT2D eigenvalue weighted by atomic mass is 16.5. The van der Waals surface area contributed by atoms with Gasteiger partial charge in [0.05, 0.1) is 18.4 Å². The van der Waals surface area contributed by atoms with E-state index in [2.05, 4.69) is 10.4 Å². The van der Waals surface area contributed by atoms with Gasteiger partial charge in [-0.3, -0.25) is 9.48 Å². The lowest BCUT2D eigenvalue weighted by Gasteiger charge is -2.32. The summed E-state index contributed by atoms with van der Waals surface area (Å²) in [5, 5.41) is 7.41. The van der Waals surface area contributed by atoms with E-state index in [1.54, 1.807) is 4.68 Å². The molecule has 6 heteroatoms. The lowest BCUT2D eigenvalue weighted by molar-refractivity contribution is -0.0200. The molecule has 1 N–H and O–H groups in total.